The van der Waals surface area contributed by atoms with Crippen LogP contribution in [0, 0.1) is 0 Å². The fraction of sp³-hybridized carbons (Fsp3) is 0.222. The summed E-state index contributed by atoms with van der Waals surface area (Å²) in [6, 6.07) is 19.3. The maximum absolute atomic E-state index is 2.36. The molecule has 3 aromatic rings. The van der Waals surface area contributed by atoms with Gasteiger partial charge in [0.2, 0.25) is 0 Å². The molecule has 0 aliphatic rings. The highest BCUT2D eigenvalue weighted by Gasteiger charge is 2.10. The van der Waals surface area contributed by atoms with Crippen LogP contribution >= 0.6 is 0 Å². The van der Waals surface area contributed by atoms with E-state index < -0.39 is 0 Å². The monoisotopic (exact) mass is 249 g/mol. The average molecular weight is 249 g/mol. The van der Waals surface area contributed by atoms with Crippen LogP contribution in [0.25, 0.3) is 10.9 Å². The van der Waals surface area contributed by atoms with E-state index in [1.165, 1.54) is 22.0 Å². The predicted octanol–water partition coefficient (Wildman–Crippen LogP) is 4.81. The number of nitrogens with zero attached hydrogens (tertiary/aromatic N) is 1. The average Bonchev–Trinajstić information content (AvgIpc) is 2.79. The lowest BCUT2D eigenvalue weighted by Gasteiger charge is -2.05. The van der Waals surface area contributed by atoms with E-state index in [9.17, 15) is 0 Å². The van der Waals surface area contributed by atoms with Crippen LogP contribution in [-0.4, -0.2) is 4.57 Å². The number of aromatic nitrogens is 1. The van der Waals surface area contributed by atoms with Crippen molar-refractivity contribution in [1.82, 2.24) is 4.57 Å². The van der Waals surface area contributed by atoms with Gasteiger partial charge >= 0.3 is 0 Å². The molecule has 0 radical (unpaired) electrons. The van der Waals surface area contributed by atoms with Gasteiger partial charge in [-0.3, -0.25) is 0 Å². The van der Waals surface area contributed by atoms with E-state index in [0.717, 1.165) is 6.54 Å². The molecular weight excluding hydrogens is 230 g/mol. The third kappa shape index (κ3) is 2.28. The van der Waals surface area contributed by atoms with Crippen LogP contribution in [0.5, 0.6) is 0 Å². The highest BCUT2D eigenvalue weighted by molar-refractivity contribution is 5.84. The number of hydrogen-bond donors (Lipinski definition) is 0. The molecule has 0 N–H and O–H groups in total. The molecule has 0 fully saturated rings. The molecule has 1 heteroatoms. The Morgan fingerprint density at radius 1 is 0.895 bits per heavy atom. The lowest BCUT2D eigenvalue weighted by molar-refractivity contribution is 0.809. The summed E-state index contributed by atoms with van der Waals surface area (Å²) in [6.07, 6.45) is 2.31. The number of para-hydroxylation sites is 1. The molecule has 2 aromatic carbocycles. The van der Waals surface area contributed by atoms with Crippen molar-refractivity contribution in [3.05, 3.63) is 71.9 Å². The smallest absolute Gasteiger partial charge is 0.0486 e. The molecule has 0 spiro atoms. The summed E-state index contributed by atoms with van der Waals surface area (Å²) in [5, 5.41) is 1.38. The first-order chi connectivity index (χ1) is 9.25. The summed E-state index contributed by atoms with van der Waals surface area (Å²) in [5.74, 6) is 0.557. The molecule has 0 aliphatic carbocycles. The van der Waals surface area contributed by atoms with Gasteiger partial charge in [0.1, 0.15) is 0 Å². The molecule has 0 bridgehead atoms. The Labute approximate surface area is 114 Å². The van der Waals surface area contributed by atoms with Gasteiger partial charge in [-0.1, -0.05) is 62.4 Å². The quantitative estimate of drug-likeness (QED) is 0.627. The minimum atomic E-state index is 0.557. The van der Waals surface area contributed by atoms with Gasteiger partial charge in [0.25, 0.3) is 0 Å². The van der Waals surface area contributed by atoms with Crippen molar-refractivity contribution in [2.45, 2.75) is 26.3 Å². The molecule has 0 amide bonds. The van der Waals surface area contributed by atoms with E-state index >= 15 is 0 Å². The summed E-state index contributed by atoms with van der Waals surface area (Å²) in [4.78, 5) is 0. The number of rotatable bonds is 3. The molecule has 1 nitrogen and oxygen atoms in total. The fourth-order valence-corrected chi connectivity index (χ4v) is 2.65. The first-order valence-electron chi connectivity index (χ1n) is 6.87. The van der Waals surface area contributed by atoms with Crippen molar-refractivity contribution in [2.24, 2.45) is 0 Å². The predicted molar refractivity (Wildman–Crippen MR) is 81.6 cm³/mol. The largest absolute Gasteiger partial charge is 0.343 e. The molecule has 19 heavy (non-hydrogen) atoms. The summed E-state index contributed by atoms with van der Waals surface area (Å²) in [5.41, 5.74) is 4.11. The van der Waals surface area contributed by atoms with Gasteiger partial charge in [0.05, 0.1) is 0 Å². The molecule has 0 atom stereocenters. The Balaban J connectivity index is 2.09. The van der Waals surface area contributed by atoms with Gasteiger partial charge in [0, 0.05) is 23.6 Å². The zero-order valence-electron chi connectivity index (χ0n) is 11.5. The molecule has 0 saturated heterocycles. The van der Waals surface area contributed by atoms with E-state index in [4.69, 9.17) is 0 Å². The topological polar surface area (TPSA) is 4.93 Å². The molecule has 0 aliphatic heterocycles. The summed E-state index contributed by atoms with van der Waals surface area (Å²) in [6.45, 7) is 5.46. The van der Waals surface area contributed by atoms with Crippen LogP contribution in [0.4, 0.5) is 0 Å². The van der Waals surface area contributed by atoms with Gasteiger partial charge in [0.15, 0.2) is 0 Å². The van der Waals surface area contributed by atoms with Crippen LogP contribution in [-0.2, 0) is 6.54 Å². The van der Waals surface area contributed by atoms with Crippen LogP contribution in [0.3, 0.4) is 0 Å². The molecule has 3 rings (SSSR count). The standard InChI is InChI=1S/C18H19N/c1-14(2)17-13-19(12-15-8-4-3-5-9-15)18-11-7-6-10-16(17)18/h3-11,13-14H,12H2,1-2H3. The maximum atomic E-state index is 2.36. The van der Waals surface area contributed by atoms with Crippen molar-refractivity contribution >= 4 is 10.9 Å². The summed E-state index contributed by atoms with van der Waals surface area (Å²) in [7, 11) is 0. The summed E-state index contributed by atoms with van der Waals surface area (Å²) < 4.78 is 2.36. The second kappa shape index (κ2) is 4.93. The van der Waals surface area contributed by atoms with Crippen molar-refractivity contribution in [3.63, 3.8) is 0 Å². The van der Waals surface area contributed by atoms with E-state index in [2.05, 4.69) is 79.2 Å². The lowest BCUT2D eigenvalue weighted by Crippen LogP contribution is -1.97. The highest BCUT2D eigenvalue weighted by atomic mass is 15.0. The van der Waals surface area contributed by atoms with E-state index in [0.29, 0.717) is 5.92 Å². The third-order valence-electron chi connectivity index (χ3n) is 3.64. The Hall–Kier alpha value is -2.02. The first-order valence-corrected chi connectivity index (χ1v) is 6.87. The van der Waals surface area contributed by atoms with Gasteiger partial charge in [-0.25, -0.2) is 0 Å². The van der Waals surface area contributed by atoms with E-state index in [-0.39, 0.29) is 0 Å². The van der Waals surface area contributed by atoms with Crippen molar-refractivity contribution in [1.29, 1.82) is 0 Å². The van der Waals surface area contributed by atoms with Gasteiger partial charge in [-0.2, -0.15) is 0 Å². The van der Waals surface area contributed by atoms with E-state index in [1.54, 1.807) is 0 Å². The molecule has 0 unspecified atom stereocenters. The Morgan fingerprint density at radius 3 is 2.32 bits per heavy atom. The third-order valence-corrected chi connectivity index (χ3v) is 3.64. The molecular formula is C18H19N. The molecule has 1 heterocycles. The Kier molecular flexibility index (Phi) is 3.12. The highest BCUT2D eigenvalue weighted by Crippen LogP contribution is 2.27. The van der Waals surface area contributed by atoms with Crippen LogP contribution in [0.15, 0.2) is 60.8 Å². The number of benzene rings is 2. The lowest BCUT2D eigenvalue weighted by atomic mass is 10.0. The zero-order valence-corrected chi connectivity index (χ0v) is 11.5. The maximum Gasteiger partial charge on any atom is 0.0486 e. The second-order valence-electron chi connectivity index (χ2n) is 5.37. The van der Waals surface area contributed by atoms with Crippen LogP contribution in [0.2, 0.25) is 0 Å². The van der Waals surface area contributed by atoms with Gasteiger partial charge in [-0.05, 0) is 23.1 Å². The van der Waals surface area contributed by atoms with Gasteiger partial charge < -0.3 is 4.57 Å². The normalized spacial score (nSPS) is 11.3. The first kappa shape index (κ1) is 12.0. The van der Waals surface area contributed by atoms with Crippen molar-refractivity contribution in [2.75, 3.05) is 0 Å². The molecule has 0 saturated carbocycles. The Morgan fingerprint density at radius 2 is 1.58 bits per heavy atom. The van der Waals surface area contributed by atoms with E-state index in [1.807, 2.05) is 0 Å². The molecule has 96 valence electrons. The Bertz CT molecular complexity index is 677. The minimum Gasteiger partial charge on any atom is -0.343 e. The second-order valence-corrected chi connectivity index (χ2v) is 5.37. The number of fused-ring (bicyclic) bond motifs is 1. The van der Waals surface area contributed by atoms with Crippen LogP contribution < -0.4 is 0 Å². The minimum absolute atomic E-state index is 0.557. The zero-order chi connectivity index (χ0) is 13.2. The molecule has 1 aromatic heterocycles. The SMILES string of the molecule is CC(C)c1cn(Cc2ccccc2)c2ccccc12. The van der Waals surface area contributed by atoms with Crippen molar-refractivity contribution in [3.8, 4) is 0 Å². The van der Waals surface area contributed by atoms with Gasteiger partial charge in [-0.15, -0.1) is 0 Å². The number of hydrogen-bond acceptors (Lipinski definition) is 0. The fourth-order valence-electron chi connectivity index (χ4n) is 2.65. The van der Waals surface area contributed by atoms with Crippen LogP contribution in [0.1, 0.15) is 30.9 Å². The van der Waals surface area contributed by atoms with Crippen molar-refractivity contribution < 1.29 is 0 Å². The summed E-state index contributed by atoms with van der Waals surface area (Å²) >= 11 is 0.